The Hall–Kier alpha value is -2.83. The number of aliphatic carboxylic acids is 1. The molecule has 1 aromatic rings. The number of esters is 2. The predicted octanol–water partition coefficient (Wildman–Crippen LogP) is 4.64. The molecule has 0 unspecified atom stereocenters. The largest absolute Gasteiger partial charge is 0.481 e. The van der Waals surface area contributed by atoms with E-state index in [1.165, 1.54) is 0 Å². The van der Waals surface area contributed by atoms with Crippen molar-refractivity contribution in [2.75, 3.05) is 6.61 Å². The second kappa shape index (κ2) is 8.50. The first-order chi connectivity index (χ1) is 15.7. The van der Waals surface area contributed by atoms with Crippen molar-refractivity contribution in [1.82, 2.24) is 0 Å². The summed E-state index contributed by atoms with van der Waals surface area (Å²) >= 11 is 0. The molecule has 33 heavy (non-hydrogen) atoms. The van der Waals surface area contributed by atoms with Gasteiger partial charge >= 0.3 is 17.9 Å². The van der Waals surface area contributed by atoms with E-state index in [1.54, 1.807) is 32.4 Å². The highest BCUT2D eigenvalue weighted by atomic mass is 16.6. The maximum Gasteiger partial charge on any atom is 0.334 e. The second-order valence-corrected chi connectivity index (χ2v) is 9.90. The van der Waals surface area contributed by atoms with Gasteiger partial charge in [0.1, 0.15) is 12.7 Å². The van der Waals surface area contributed by atoms with Crippen molar-refractivity contribution >= 4 is 17.9 Å². The number of carbonyl (C=O) groups is 3. The Balaban J connectivity index is 1.83. The zero-order valence-electron chi connectivity index (χ0n) is 19.6. The van der Waals surface area contributed by atoms with Gasteiger partial charge in [-0.25, -0.2) is 9.59 Å². The van der Waals surface area contributed by atoms with E-state index in [-0.39, 0.29) is 24.4 Å². The van der Waals surface area contributed by atoms with E-state index < -0.39 is 34.8 Å². The lowest BCUT2D eigenvalue weighted by atomic mass is 9.44. The number of carbonyl (C=O) groups excluding carboxylic acids is 2. The van der Waals surface area contributed by atoms with Gasteiger partial charge in [0.25, 0.3) is 0 Å². The molecule has 178 valence electrons. The summed E-state index contributed by atoms with van der Waals surface area (Å²) in [6.45, 7) is 7.43. The average molecular weight is 457 g/mol. The molecule has 2 aliphatic carbocycles. The van der Waals surface area contributed by atoms with Crippen LogP contribution in [0, 0.1) is 22.7 Å². The molecule has 6 atom stereocenters. The van der Waals surface area contributed by atoms with E-state index in [0.29, 0.717) is 36.8 Å². The number of carboxylic acid groups (broad SMARTS) is 1. The summed E-state index contributed by atoms with van der Waals surface area (Å²) in [6.07, 6.45) is 8.13. The van der Waals surface area contributed by atoms with Crippen LogP contribution in [0.25, 0.3) is 0 Å². The minimum Gasteiger partial charge on any atom is -0.481 e. The summed E-state index contributed by atoms with van der Waals surface area (Å²) in [5.74, 6) is -2.62. The number of hydrogen-bond acceptors (Lipinski definition) is 6. The number of cyclic esters (lactones) is 1. The topological polar surface area (TPSA) is 103 Å². The highest BCUT2D eigenvalue weighted by Gasteiger charge is 2.68. The fourth-order valence-electron chi connectivity index (χ4n) is 6.48. The van der Waals surface area contributed by atoms with Crippen LogP contribution >= 0.6 is 0 Å². The van der Waals surface area contributed by atoms with E-state index in [2.05, 4.69) is 0 Å². The third-order valence-electron chi connectivity index (χ3n) is 8.41. The van der Waals surface area contributed by atoms with E-state index in [4.69, 9.17) is 13.9 Å². The quantitative estimate of drug-likeness (QED) is 0.491. The second-order valence-electron chi connectivity index (χ2n) is 9.90. The highest BCUT2D eigenvalue weighted by molar-refractivity contribution is 5.93. The Morgan fingerprint density at radius 1 is 1.39 bits per heavy atom. The number of furan rings is 1. The SMILES string of the molecule is CC=C(C)C(=O)O[C@H]1C[C@@]23COC(=O)C2=CCC[C@@H]3[C@](C[C@H](C)c2ccoc2)(C(=O)O)[C@@H]1C. The molecule has 1 saturated heterocycles. The molecular formula is C26H32O7. The highest BCUT2D eigenvalue weighted by Crippen LogP contribution is 2.65. The smallest absolute Gasteiger partial charge is 0.334 e. The van der Waals surface area contributed by atoms with Gasteiger partial charge in [0, 0.05) is 22.5 Å². The minimum absolute atomic E-state index is 0.0987. The van der Waals surface area contributed by atoms with Gasteiger partial charge in [-0.3, -0.25) is 4.79 Å². The summed E-state index contributed by atoms with van der Waals surface area (Å²) in [4.78, 5) is 38.6. The van der Waals surface area contributed by atoms with Gasteiger partial charge in [-0.15, -0.1) is 0 Å². The molecule has 0 aromatic carbocycles. The first-order valence-corrected chi connectivity index (χ1v) is 11.6. The van der Waals surface area contributed by atoms with Crippen LogP contribution in [0.5, 0.6) is 0 Å². The Bertz CT molecular complexity index is 1000. The van der Waals surface area contributed by atoms with Gasteiger partial charge in [0.15, 0.2) is 0 Å². The normalized spacial score (nSPS) is 34.5. The maximum atomic E-state index is 13.2. The van der Waals surface area contributed by atoms with Crippen molar-refractivity contribution in [1.29, 1.82) is 0 Å². The third-order valence-corrected chi connectivity index (χ3v) is 8.41. The summed E-state index contributed by atoms with van der Waals surface area (Å²) in [5.41, 5.74) is -0.0442. The molecular weight excluding hydrogens is 424 g/mol. The van der Waals surface area contributed by atoms with Gasteiger partial charge in [0.05, 0.1) is 17.9 Å². The minimum atomic E-state index is -1.21. The zero-order chi connectivity index (χ0) is 24.0. The lowest BCUT2D eigenvalue weighted by Gasteiger charge is -2.58. The molecule has 2 fully saturated rings. The summed E-state index contributed by atoms with van der Waals surface area (Å²) < 4.78 is 16.7. The summed E-state index contributed by atoms with van der Waals surface area (Å²) in [7, 11) is 0. The summed E-state index contributed by atoms with van der Waals surface area (Å²) in [6, 6.07) is 1.85. The van der Waals surface area contributed by atoms with Crippen molar-refractivity contribution in [3.8, 4) is 0 Å². The molecule has 3 aliphatic rings. The Kier molecular flexibility index (Phi) is 6.01. The molecule has 1 saturated carbocycles. The lowest BCUT2D eigenvalue weighted by molar-refractivity contribution is -0.193. The number of hydrogen-bond donors (Lipinski definition) is 1. The van der Waals surface area contributed by atoms with Crippen LogP contribution in [0.3, 0.4) is 0 Å². The van der Waals surface area contributed by atoms with Crippen LogP contribution in [0.1, 0.15) is 64.9 Å². The average Bonchev–Trinajstić information content (AvgIpc) is 3.44. The fourth-order valence-corrected chi connectivity index (χ4v) is 6.48. The van der Waals surface area contributed by atoms with Gasteiger partial charge < -0.3 is 19.0 Å². The van der Waals surface area contributed by atoms with Crippen molar-refractivity contribution in [2.24, 2.45) is 22.7 Å². The van der Waals surface area contributed by atoms with Crippen LogP contribution in [0.4, 0.5) is 0 Å². The van der Waals surface area contributed by atoms with E-state index >= 15 is 0 Å². The van der Waals surface area contributed by atoms with E-state index in [0.717, 1.165) is 5.56 Å². The molecule has 2 heterocycles. The van der Waals surface area contributed by atoms with E-state index in [9.17, 15) is 19.5 Å². The molecule has 1 spiro atoms. The number of ether oxygens (including phenoxy) is 2. The molecule has 0 amide bonds. The number of rotatable bonds is 6. The number of allylic oxidation sites excluding steroid dienone is 2. The molecule has 1 aromatic heterocycles. The third kappa shape index (κ3) is 3.52. The Labute approximate surface area is 193 Å². The Morgan fingerprint density at radius 3 is 2.79 bits per heavy atom. The first kappa shape index (κ1) is 23.3. The van der Waals surface area contributed by atoms with Crippen LogP contribution in [0.15, 0.2) is 46.3 Å². The standard InChI is InChI=1S/C26H32O7/c1-5-15(2)22(27)33-20-12-25-14-32-23(28)19(25)7-6-8-21(25)26(17(20)4,24(29)30)11-16(3)18-9-10-31-13-18/h5,7,9-10,13,16-17,20-21H,6,8,11-12,14H2,1-4H3,(H,29,30)/t16-,17+,20-,21-,25+,26+/m0/s1. The maximum absolute atomic E-state index is 13.2. The predicted molar refractivity (Wildman–Crippen MR) is 119 cm³/mol. The zero-order valence-corrected chi connectivity index (χ0v) is 19.6. The van der Waals surface area contributed by atoms with Crippen molar-refractivity contribution in [3.63, 3.8) is 0 Å². The van der Waals surface area contributed by atoms with Crippen LogP contribution in [-0.4, -0.2) is 35.7 Å². The van der Waals surface area contributed by atoms with Gasteiger partial charge in [-0.05, 0) is 63.0 Å². The summed E-state index contributed by atoms with van der Waals surface area (Å²) in [5, 5.41) is 10.8. The molecule has 4 rings (SSSR count). The van der Waals surface area contributed by atoms with Gasteiger partial charge in [-0.2, -0.15) is 0 Å². The molecule has 1 aliphatic heterocycles. The van der Waals surface area contributed by atoms with Gasteiger partial charge in [-0.1, -0.05) is 26.0 Å². The first-order valence-electron chi connectivity index (χ1n) is 11.6. The fraction of sp³-hybridized carbons (Fsp3) is 0.577. The van der Waals surface area contributed by atoms with Crippen LogP contribution < -0.4 is 0 Å². The molecule has 7 heteroatoms. The molecule has 0 bridgehead atoms. The Morgan fingerprint density at radius 2 is 2.15 bits per heavy atom. The molecule has 0 radical (unpaired) electrons. The lowest BCUT2D eigenvalue weighted by Crippen LogP contribution is -2.62. The van der Waals surface area contributed by atoms with Crippen molar-refractivity contribution in [3.05, 3.63) is 47.5 Å². The van der Waals surface area contributed by atoms with Gasteiger partial charge in [0.2, 0.25) is 0 Å². The number of carboxylic acids is 1. The van der Waals surface area contributed by atoms with Crippen molar-refractivity contribution < 1.29 is 33.4 Å². The monoisotopic (exact) mass is 456 g/mol. The van der Waals surface area contributed by atoms with E-state index in [1.807, 2.05) is 26.0 Å². The van der Waals surface area contributed by atoms with Crippen LogP contribution in [-0.2, 0) is 23.9 Å². The van der Waals surface area contributed by atoms with Crippen LogP contribution in [0.2, 0.25) is 0 Å². The van der Waals surface area contributed by atoms with Crippen molar-refractivity contribution in [2.45, 2.75) is 65.4 Å². The molecule has 7 nitrogen and oxygen atoms in total. The molecule has 1 N–H and O–H groups in total.